The lowest BCUT2D eigenvalue weighted by Crippen LogP contribution is -2.22. The Bertz CT molecular complexity index is 736. The summed E-state index contributed by atoms with van der Waals surface area (Å²) in [5.74, 6) is 0.348. The van der Waals surface area contributed by atoms with Crippen LogP contribution in [0.1, 0.15) is 5.56 Å². The van der Waals surface area contributed by atoms with Gasteiger partial charge in [-0.25, -0.2) is 0 Å². The molecule has 122 valence electrons. The van der Waals surface area contributed by atoms with Gasteiger partial charge in [0.2, 0.25) is 5.91 Å². The van der Waals surface area contributed by atoms with E-state index in [1.165, 1.54) is 0 Å². The quantitative estimate of drug-likeness (QED) is 0.774. The van der Waals surface area contributed by atoms with E-state index in [0.29, 0.717) is 32.2 Å². The molecule has 23 heavy (non-hydrogen) atoms. The minimum Gasteiger partial charge on any atom is -0.495 e. The number of methoxy groups -OCH3 is 1. The molecule has 0 atom stereocenters. The predicted molar refractivity (Wildman–Crippen MR) is 96.3 cm³/mol. The standard InChI is InChI=1S/C16H15Cl3N2O2/c1-9-5-14(15(23-2)7-12(9)18)20-8-16(22)21-10-3-4-11(17)13(19)6-10/h3-7,20H,8H2,1-2H3,(H,21,22). The lowest BCUT2D eigenvalue weighted by molar-refractivity contribution is -0.114. The summed E-state index contributed by atoms with van der Waals surface area (Å²) in [6, 6.07) is 8.43. The summed E-state index contributed by atoms with van der Waals surface area (Å²) < 4.78 is 5.25. The number of nitrogens with one attached hydrogen (secondary N) is 2. The van der Waals surface area contributed by atoms with Crippen LogP contribution in [0.25, 0.3) is 0 Å². The lowest BCUT2D eigenvalue weighted by atomic mass is 10.2. The van der Waals surface area contributed by atoms with Crippen molar-refractivity contribution in [2.24, 2.45) is 0 Å². The maximum atomic E-state index is 12.0. The molecule has 0 aliphatic heterocycles. The first-order valence-electron chi connectivity index (χ1n) is 6.73. The number of anilines is 2. The Hall–Kier alpha value is -1.62. The molecule has 0 heterocycles. The number of halogens is 3. The van der Waals surface area contributed by atoms with Crippen molar-refractivity contribution in [2.75, 3.05) is 24.3 Å². The van der Waals surface area contributed by atoms with E-state index in [-0.39, 0.29) is 12.5 Å². The second-order valence-electron chi connectivity index (χ2n) is 4.83. The van der Waals surface area contributed by atoms with E-state index in [2.05, 4.69) is 10.6 Å². The average Bonchev–Trinajstić information content (AvgIpc) is 2.51. The van der Waals surface area contributed by atoms with Gasteiger partial charge < -0.3 is 15.4 Å². The SMILES string of the molecule is COc1cc(Cl)c(C)cc1NCC(=O)Nc1ccc(Cl)c(Cl)c1. The maximum Gasteiger partial charge on any atom is 0.243 e. The molecular weight excluding hydrogens is 359 g/mol. The summed E-state index contributed by atoms with van der Waals surface area (Å²) in [4.78, 5) is 12.0. The Kier molecular flexibility index (Phi) is 5.99. The smallest absolute Gasteiger partial charge is 0.243 e. The molecule has 4 nitrogen and oxygen atoms in total. The third-order valence-electron chi connectivity index (χ3n) is 3.12. The van der Waals surface area contributed by atoms with E-state index >= 15 is 0 Å². The zero-order chi connectivity index (χ0) is 17.0. The molecule has 7 heteroatoms. The van der Waals surface area contributed by atoms with Gasteiger partial charge in [0.05, 0.1) is 29.4 Å². The Morgan fingerprint density at radius 3 is 2.48 bits per heavy atom. The fraction of sp³-hybridized carbons (Fsp3) is 0.188. The summed E-state index contributed by atoms with van der Waals surface area (Å²) in [5, 5.41) is 7.18. The van der Waals surface area contributed by atoms with Crippen LogP contribution in [0, 0.1) is 6.92 Å². The van der Waals surface area contributed by atoms with E-state index in [0.717, 1.165) is 5.56 Å². The van der Waals surface area contributed by atoms with Gasteiger partial charge in [-0.1, -0.05) is 34.8 Å². The van der Waals surface area contributed by atoms with E-state index in [1.807, 2.05) is 13.0 Å². The summed E-state index contributed by atoms with van der Waals surface area (Å²) >= 11 is 17.8. The first-order chi connectivity index (χ1) is 10.9. The molecule has 2 aromatic rings. The van der Waals surface area contributed by atoms with Crippen molar-refractivity contribution < 1.29 is 9.53 Å². The van der Waals surface area contributed by atoms with Crippen molar-refractivity contribution in [1.29, 1.82) is 0 Å². The largest absolute Gasteiger partial charge is 0.495 e. The number of carbonyl (C=O) groups is 1. The first-order valence-corrected chi connectivity index (χ1v) is 7.87. The van der Waals surface area contributed by atoms with Crippen LogP contribution in [0.5, 0.6) is 5.75 Å². The van der Waals surface area contributed by atoms with E-state index < -0.39 is 0 Å². The summed E-state index contributed by atoms with van der Waals surface area (Å²) in [5.41, 5.74) is 2.16. The second kappa shape index (κ2) is 7.77. The third kappa shape index (κ3) is 4.67. The minimum atomic E-state index is -0.224. The zero-order valence-corrected chi connectivity index (χ0v) is 14.8. The number of rotatable bonds is 5. The Labute approximate surface area is 149 Å². The van der Waals surface area contributed by atoms with Crippen LogP contribution in [-0.4, -0.2) is 19.6 Å². The average molecular weight is 374 g/mol. The van der Waals surface area contributed by atoms with Crippen LogP contribution >= 0.6 is 34.8 Å². The van der Waals surface area contributed by atoms with Crippen LogP contribution < -0.4 is 15.4 Å². The van der Waals surface area contributed by atoms with Gasteiger partial charge in [0.1, 0.15) is 5.75 Å². The maximum absolute atomic E-state index is 12.0. The molecule has 0 unspecified atom stereocenters. The highest BCUT2D eigenvalue weighted by Gasteiger charge is 2.09. The third-order valence-corrected chi connectivity index (χ3v) is 4.27. The molecular formula is C16H15Cl3N2O2. The molecule has 0 fully saturated rings. The van der Waals surface area contributed by atoms with Gasteiger partial charge in [-0.15, -0.1) is 0 Å². The molecule has 2 N–H and O–H groups in total. The summed E-state index contributed by atoms with van der Waals surface area (Å²) in [7, 11) is 1.54. The van der Waals surface area contributed by atoms with Gasteiger partial charge in [-0.2, -0.15) is 0 Å². The number of aryl methyl sites for hydroxylation is 1. The molecule has 0 aliphatic rings. The molecule has 2 aromatic carbocycles. The first kappa shape index (κ1) is 17.7. The number of hydrogen-bond donors (Lipinski definition) is 2. The Morgan fingerprint density at radius 1 is 1.09 bits per heavy atom. The van der Waals surface area contributed by atoms with Gasteiger partial charge in [0.15, 0.2) is 0 Å². The number of benzene rings is 2. The molecule has 0 bridgehead atoms. The monoisotopic (exact) mass is 372 g/mol. The number of carbonyl (C=O) groups excluding carboxylic acids is 1. The van der Waals surface area contributed by atoms with E-state index in [4.69, 9.17) is 39.5 Å². The normalized spacial score (nSPS) is 10.3. The summed E-state index contributed by atoms with van der Waals surface area (Å²) in [6.07, 6.45) is 0. The molecule has 0 saturated carbocycles. The predicted octanol–water partition coefficient (Wildman–Crippen LogP) is 5.01. The second-order valence-corrected chi connectivity index (χ2v) is 6.05. The highest BCUT2D eigenvalue weighted by molar-refractivity contribution is 6.42. The molecule has 2 rings (SSSR count). The minimum absolute atomic E-state index is 0.0671. The Morgan fingerprint density at radius 2 is 1.83 bits per heavy atom. The Balaban J connectivity index is 2.01. The van der Waals surface area contributed by atoms with Crippen molar-refractivity contribution in [3.05, 3.63) is 51.0 Å². The molecule has 1 amide bonds. The van der Waals surface area contributed by atoms with Crippen molar-refractivity contribution in [1.82, 2.24) is 0 Å². The van der Waals surface area contributed by atoms with Crippen LogP contribution in [0.15, 0.2) is 30.3 Å². The van der Waals surface area contributed by atoms with Crippen LogP contribution in [0.4, 0.5) is 11.4 Å². The van der Waals surface area contributed by atoms with Crippen LogP contribution in [0.2, 0.25) is 15.1 Å². The van der Waals surface area contributed by atoms with E-state index in [9.17, 15) is 4.79 Å². The molecule has 0 saturated heterocycles. The number of amides is 1. The van der Waals surface area contributed by atoms with Crippen molar-refractivity contribution in [3.8, 4) is 5.75 Å². The highest BCUT2D eigenvalue weighted by atomic mass is 35.5. The van der Waals surface area contributed by atoms with Crippen molar-refractivity contribution >= 4 is 52.1 Å². The van der Waals surface area contributed by atoms with Crippen molar-refractivity contribution in [3.63, 3.8) is 0 Å². The summed E-state index contributed by atoms with van der Waals surface area (Å²) in [6.45, 7) is 1.94. The lowest BCUT2D eigenvalue weighted by Gasteiger charge is -2.13. The number of hydrogen-bond acceptors (Lipinski definition) is 3. The van der Waals surface area contributed by atoms with Crippen molar-refractivity contribution in [2.45, 2.75) is 6.92 Å². The zero-order valence-electron chi connectivity index (χ0n) is 12.5. The fourth-order valence-electron chi connectivity index (χ4n) is 1.92. The molecule has 0 aliphatic carbocycles. The number of ether oxygens (including phenoxy) is 1. The molecule has 0 radical (unpaired) electrons. The topological polar surface area (TPSA) is 50.4 Å². The van der Waals surface area contributed by atoms with Gasteiger partial charge in [-0.05, 0) is 36.8 Å². The van der Waals surface area contributed by atoms with Crippen LogP contribution in [0.3, 0.4) is 0 Å². The highest BCUT2D eigenvalue weighted by Crippen LogP contribution is 2.30. The molecule has 0 spiro atoms. The molecule has 0 aromatic heterocycles. The van der Waals surface area contributed by atoms with E-state index in [1.54, 1.807) is 31.4 Å². The van der Waals surface area contributed by atoms with Crippen LogP contribution in [-0.2, 0) is 4.79 Å². The fourth-order valence-corrected chi connectivity index (χ4v) is 2.38. The van der Waals surface area contributed by atoms with Gasteiger partial charge in [-0.3, -0.25) is 4.79 Å². The van der Waals surface area contributed by atoms with Gasteiger partial charge >= 0.3 is 0 Å². The van der Waals surface area contributed by atoms with Gasteiger partial charge in [0.25, 0.3) is 0 Å². The van der Waals surface area contributed by atoms with Gasteiger partial charge in [0, 0.05) is 16.8 Å².